The summed E-state index contributed by atoms with van der Waals surface area (Å²) < 4.78 is 54.5. The van der Waals surface area contributed by atoms with Gasteiger partial charge in [-0.25, -0.2) is 17.6 Å². The third-order valence-electron chi connectivity index (χ3n) is 5.12. The van der Waals surface area contributed by atoms with Crippen LogP contribution in [0.4, 0.5) is 23.2 Å². The lowest BCUT2D eigenvalue weighted by Crippen LogP contribution is -2.38. The highest BCUT2D eigenvalue weighted by Gasteiger charge is 2.30. The van der Waals surface area contributed by atoms with Gasteiger partial charge in [-0.05, 0) is 37.1 Å². The van der Waals surface area contributed by atoms with Gasteiger partial charge in [0.05, 0.1) is 5.69 Å². The average Bonchev–Trinajstić information content (AvgIpc) is 3.26. The Morgan fingerprint density at radius 2 is 1.66 bits per heavy atom. The van der Waals surface area contributed by atoms with Gasteiger partial charge in [0, 0.05) is 25.1 Å². The van der Waals surface area contributed by atoms with Crippen molar-refractivity contribution in [3.05, 3.63) is 75.2 Å². The molecule has 2 aromatic carbocycles. The molecule has 1 saturated heterocycles. The molecule has 4 rings (SSSR count). The summed E-state index contributed by atoms with van der Waals surface area (Å²) in [4.78, 5) is 26.2. The second-order valence-corrected chi connectivity index (χ2v) is 8.20. The Labute approximate surface area is 183 Å². The lowest BCUT2D eigenvalue weighted by atomic mass is 9.97. The lowest BCUT2D eigenvalue weighted by Gasteiger charge is -2.31. The van der Waals surface area contributed by atoms with Crippen molar-refractivity contribution in [1.29, 1.82) is 0 Å². The second kappa shape index (κ2) is 9.03. The van der Waals surface area contributed by atoms with Crippen LogP contribution in [-0.2, 0) is 0 Å². The van der Waals surface area contributed by atoms with E-state index in [1.54, 1.807) is 0 Å². The van der Waals surface area contributed by atoms with Gasteiger partial charge in [-0.2, -0.15) is 0 Å². The standard InChI is InChI=1S/C21H16F4N4O2S/c22-12-4-5-16(15(25)10-12)26-18(30)20-28-27-19(32-20)11-6-8-29(9-7-11)21(31)17-13(23)2-1-3-14(17)24/h1-5,10-11H,6-9H2,(H,26,30). The second-order valence-electron chi connectivity index (χ2n) is 7.19. The summed E-state index contributed by atoms with van der Waals surface area (Å²) in [6.45, 7) is 0.526. The summed E-state index contributed by atoms with van der Waals surface area (Å²) in [5.41, 5.74) is -0.755. The predicted octanol–water partition coefficient (Wildman–Crippen LogP) is 4.37. The molecule has 6 nitrogen and oxygen atoms in total. The van der Waals surface area contributed by atoms with Crippen molar-refractivity contribution in [3.8, 4) is 0 Å². The van der Waals surface area contributed by atoms with Gasteiger partial charge in [0.15, 0.2) is 0 Å². The van der Waals surface area contributed by atoms with E-state index in [9.17, 15) is 27.2 Å². The van der Waals surface area contributed by atoms with Crippen LogP contribution in [0.2, 0.25) is 0 Å². The summed E-state index contributed by atoms with van der Waals surface area (Å²) in [5.74, 6) is -4.97. The van der Waals surface area contributed by atoms with Gasteiger partial charge in [-0.15, -0.1) is 10.2 Å². The number of nitrogens with zero attached hydrogens (tertiary/aromatic N) is 3. The van der Waals surface area contributed by atoms with E-state index >= 15 is 0 Å². The van der Waals surface area contributed by atoms with Crippen molar-refractivity contribution in [3.63, 3.8) is 0 Å². The summed E-state index contributed by atoms with van der Waals surface area (Å²) in [5, 5.41) is 10.8. The molecule has 3 aromatic rings. The number of benzene rings is 2. The van der Waals surface area contributed by atoms with E-state index in [0.29, 0.717) is 23.9 Å². The molecule has 1 aliphatic rings. The molecule has 0 aliphatic carbocycles. The third-order valence-corrected chi connectivity index (χ3v) is 6.21. The summed E-state index contributed by atoms with van der Waals surface area (Å²) in [7, 11) is 0. The molecule has 32 heavy (non-hydrogen) atoms. The van der Waals surface area contributed by atoms with E-state index in [-0.39, 0.29) is 29.7 Å². The lowest BCUT2D eigenvalue weighted by molar-refractivity contribution is 0.0702. The smallest absolute Gasteiger partial charge is 0.286 e. The van der Waals surface area contributed by atoms with Gasteiger partial charge in [0.1, 0.15) is 33.8 Å². The Hall–Kier alpha value is -3.34. The number of aromatic nitrogens is 2. The van der Waals surface area contributed by atoms with Crippen molar-refractivity contribution in [2.75, 3.05) is 18.4 Å². The first kappa shape index (κ1) is 21.9. The Bertz CT molecular complexity index is 1160. The van der Waals surface area contributed by atoms with E-state index in [4.69, 9.17) is 0 Å². The maximum atomic E-state index is 13.9. The molecule has 11 heteroatoms. The molecule has 1 fully saturated rings. The fourth-order valence-electron chi connectivity index (χ4n) is 3.45. The Morgan fingerprint density at radius 1 is 0.969 bits per heavy atom. The van der Waals surface area contributed by atoms with Gasteiger partial charge in [0.2, 0.25) is 5.01 Å². The highest BCUT2D eigenvalue weighted by atomic mass is 32.1. The van der Waals surface area contributed by atoms with Gasteiger partial charge >= 0.3 is 0 Å². The first-order valence-electron chi connectivity index (χ1n) is 9.66. The van der Waals surface area contributed by atoms with E-state index in [1.165, 1.54) is 11.0 Å². The van der Waals surface area contributed by atoms with Gasteiger partial charge in [0.25, 0.3) is 11.8 Å². The Balaban J connectivity index is 1.38. The number of rotatable bonds is 4. The van der Waals surface area contributed by atoms with Crippen molar-refractivity contribution in [2.24, 2.45) is 0 Å². The molecule has 1 aromatic heterocycles. The highest BCUT2D eigenvalue weighted by Crippen LogP contribution is 2.31. The average molecular weight is 464 g/mol. The largest absolute Gasteiger partial charge is 0.338 e. The fourth-order valence-corrected chi connectivity index (χ4v) is 4.36. The predicted molar refractivity (Wildman–Crippen MR) is 108 cm³/mol. The third kappa shape index (κ3) is 4.47. The van der Waals surface area contributed by atoms with E-state index < -0.39 is 40.6 Å². The highest BCUT2D eigenvalue weighted by molar-refractivity contribution is 7.13. The molecule has 0 radical (unpaired) electrons. The van der Waals surface area contributed by atoms with Crippen LogP contribution < -0.4 is 5.32 Å². The number of anilines is 1. The SMILES string of the molecule is O=C(Nc1ccc(F)cc1F)c1nnc(C2CCN(C(=O)c3c(F)cccc3F)CC2)s1. The van der Waals surface area contributed by atoms with Crippen LogP contribution in [-0.4, -0.2) is 40.0 Å². The maximum Gasteiger partial charge on any atom is 0.286 e. The normalized spacial score (nSPS) is 14.4. The van der Waals surface area contributed by atoms with Crippen molar-refractivity contribution >= 4 is 28.8 Å². The molecule has 0 unspecified atom stereocenters. The summed E-state index contributed by atoms with van der Waals surface area (Å²) in [6.07, 6.45) is 0.954. The number of nitrogens with one attached hydrogen (secondary N) is 1. The summed E-state index contributed by atoms with van der Waals surface area (Å²) in [6, 6.07) is 6.05. The van der Waals surface area contributed by atoms with Crippen molar-refractivity contribution in [2.45, 2.75) is 18.8 Å². The minimum Gasteiger partial charge on any atom is -0.338 e. The Kier molecular flexibility index (Phi) is 6.17. The van der Waals surface area contributed by atoms with Crippen LogP contribution in [0.25, 0.3) is 0 Å². The number of hydrogen-bond donors (Lipinski definition) is 1. The minimum atomic E-state index is -0.911. The van der Waals surface area contributed by atoms with Gasteiger partial charge in [-0.3, -0.25) is 9.59 Å². The molecule has 2 heterocycles. The number of amides is 2. The maximum absolute atomic E-state index is 13.9. The van der Waals surface area contributed by atoms with Crippen LogP contribution in [0.5, 0.6) is 0 Å². The van der Waals surface area contributed by atoms with Crippen LogP contribution >= 0.6 is 11.3 Å². The molecule has 1 aliphatic heterocycles. The zero-order valence-electron chi connectivity index (χ0n) is 16.4. The number of likely N-dealkylation sites (tertiary alicyclic amines) is 1. The monoisotopic (exact) mass is 464 g/mol. The van der Waals surface area contributed by atoms with Gasteiger partial charge < -0.3 is 10.2 Å². The minimum absolute atomic E-state index is 0.00987. The topological polar surface area (TPSA) is 75.2 Å². The molecule has 0 saturated carbocycles. The first-order chi connectivity index (χ1) is 15.3. The number of halogens is 4. The molecule has 166 valence electrons. The number of carbonyl (C=O) groups excluding carboxylic acids is 2. The van der Waals surface area contributed by atoms with Crippen LogP contribution in [0.3, 0.4) is 0 Å². The van der Waals surface area contributed by atoms with E-state index in [2.05, 4.69) is 15.5 Å². The molecule has 0 atom stereocenters. The van der Waals surface area contributed by atoms with E-state index in [1.807, 2.05) is 0 Å². The van der Waals surface area contributed by atoms with E-state index in [0.717, 1.165) is 35.6 Å². The molecule has 0 bridgehead atoms. The zero-order chi connectivity index (χ0) is 22.8. The first-order valence-corrected chi connectivity index (χ1v) is 10.5. The van der Waals surface area contributed by atoms with Crippen molar-refractivity contribution in [1.82, 2.24) is 15.1 Å². The molecule has 1 N–H and O–H groups in total. The van der Waals surface area contributed by atoms with Crippen LogP contribution in [0.1, 0.15) is 43.9 Å². The van der Waals surface area contributed by atoms with Crippen molar-refractivity contribution < 1.29 is 27.2 Å². The van der Waals surface area contributed by atoms with Gasteiger partial charge in [-0.1, -0.05) is 17.4 Å². The van der Waals surface area contributed by atoms with Crippen LogP contribution in [0.15, 0.2) is 36.4 Å². The quantitative estimate of drug-likeness (QED) is 0.582. The number of piperidine rings is 1. The number of hydrogen-bond acceptors (Lipinski definition) is 5. The Morgan fingerprint density at radius 3 is 2.31 bits per heavy atom. The fraction of sp³-hybridized carbons (Fsp3) is 0.238. The zero-order valence-corrected chi connectivity index (χ0v) is 17.3. The molecular weight excluding hydrogens is 448 g/mol. The summed E-state index contributed by atoms with van der Waals surface area (Å²) >= 11 is 1.03. The van der Waals surface area contributed by atoms with Crippen LogP contribution in [0, 0.1) is 23.3 Å². The molecule has 2 amide bonds. The molecular formula is C21H16F4N4O2S. The molecule has 0 spiro atoms. The number of carbonyl (C=O) groups is 2.